The Morgan fingerprint density at radius 1 is 1.30 bits per heavy atom. The minimum absolute atomic E-state index is 0.00499. The van der Waals surface area contributed by atoms with Crippen molar-refractivity contribution in [3.05, 3.63) is 75.3 Å². The van der Waals surface area contributed by atoms with Crippen LogP contribution in [0.2, 0.25) is 0 Å². The molecule has 1 aromatic carbocycles. The summed E-state index contributed by atoms with van der Waals surface area (Å²) in [4.78, 5) is 18.2. The number of hydrogen-bond donors (Lipinski definition) is 0. The number of hydrogen-bond acceptors (Lipinski definition) is 5. The fourth-order valence-corrected chi connectivity index (χ4v) is 5.48. The second-order valence-corrected chi connectivity index (χ2v) is 10.4. The first-order valence-corrected chi connectivity index (χ1v) is 12.7. The zero-order valence-corrected chi connectivity index (χ0v) is 21.9. The Morgan fingerprint density at radius 2 is 2.03 bits per heavy atom. The van der Waals surface area contributed by atoms with Gasteiger partial charge in [0.05, 0.1) is 6.54 Å². The summed E-state index contributed by atoms with van der Waals surface area (Å²) in [6.07, 6.45) is 0.177. The highest BCUT2D eigenvalue weighted by molar-refractivity contribution is 7.12. The van der Waals surface area contributed by atoms with E-state index in [0.29, 0.717) is 29.1 Å². The van der Waals surface area contributed by atoms with Gasteiger partial charge >= 0.3 is 6.18 Å². The lowest BCUT2D eigenvalue weighted by molar-refractivity contribution is -0.141. The van der Waals surface area contributed by atoms with E-state index in [-0.39, 0.29) is 24.1 Å². The number of benzene rings is 1. The van der Waals surface area contributed by atoms with Gasteiger partial charge in [-0.2, -0.15) is 23.5 Å². The standard InChI is InChI=1S/C27H28F3N5OS/c1-5-35-15-23(26(32-35)27(28,29)30)20-9-7-6-8-19(20)22-14-34(25(36)11-10-17(2)33(3)4)16-24-21(22)12-18(13-31)37-24/h6-12,15,17,22H,5,14,16H2,1-4H3/b11-10+/t17?,22-/m0/s1. The van der Waals surface area contributed by atoms with Gasteiger partial charge in [0, 0.05) is 47.8 Å². The van der Waals surface area contributed by atoms with Crippen molar-refractivity contribution in [3.63, 3.8) is 0 Å². The number of thiophene rings is 1. The number of fused-ring (bicyclic) bond motifs is 1. The van der Waals surface area contributed by atoms with E-state index in [2.05, 4.69) is 11.2 Å². The predicted octanol–water partition coefficient (Wildman–Crippen LogP) is 5.50. The molecule has 0 saturated heterocycles. The molecule has 10 heteroatoms. The van der Waals surface area contributed by atoms with Crippen molar-refractivity contribution in [2.24, 2.45) is 0 Å². The molecule has 1 unspecified atom stereocenters. The molecule has 4 rings (SSSR count). The minimum atomic E-state index is -4.62. The fraction of sp³-hybridized carbons (Fsp3) is 0.370. The zero-order chi connectivity index (χ0) is 26.9. The number of rotatable bonds is 6. The SMILES string of the molecule is CCn1cc(-c2ccccc2[C@@H]2CN(C(=O)/C=C/C(C)N(C)C)Cc3sc(C#N)cc32)c(C(F)(F)F)n1. The van der Waals surface area contributed by atoms with Gasteiger partial charge in [-0.25, -0.2) is 0 Å². The molecule has 0 N–H and O–H groups in total. The number of likely N-dealkylation sites (N-methyl/N-ethyl adjacent to an activating group) is 1. The maximum Gasteiger partial charge on any atom is 0.435 e. The highest BCUT2D eigenvalue weighted by Crippen LogP contribution is 2.44. The van der Waals surface area contributed by atoms with Crippen molar-refractivity contribution in [1.82, 2.24) is 19.6 Å². The van der Waals surface area contributed by atoms with Crippen LogP contribution in [0.15, 0.2) is 48.7 Å². The van der Waals surface area contributed by atoms with Gasteiger partial charge in [-0.3, -0.25) is 9.48 Å². The average Bonchev–Trinajstić information content (AvgIpc) is 3.50. The van der Waals surface area contributed by atoms with Crippen LogP contribution in [-0.2, 0) is 24.1 Å². The summed E-state index contributed by atoms with van der Waals surface area (Å²) in [5.41, 5.74) is 1.02. The maximum absolute atomic E-state index is 13.9. The third-order valence-corrected chi connectivity index (χ3v) is 7.73. The van der Waals surface area contributed by atoms with Crippen LogP contribution in [0.4, 0.5) is 13.2 Å². The molecule has 37 heavy (non-hydrogen) atoms. The normalized spacial score (nSPS) is 16.7. The fourth-order valence-electron chi connectivity index (χ4n) is 4.44. The molecule has 6 nitrogen and oxygen atoms in total. The summed E-state index contributed by atoms with van der Waals surface area (Å²) in [5.74, 6) is -0.573. The largest absolute Gasteiger partial charge is 0.435 e. The molecule has 1 aliphatic heterocycles. The molecule has 2 aromatic heterocycles. The first-order chi connectivity index (χ1) is 17.5. The van der Waals surface area contributed by atoms with Gasteiger partial charge in [0.25, 0.3) is 0 Å². The van der Waals surface area contributed by atoms with Crippen LogP contribution in [0, 0.1) is 11.3 Å². The second kappa shape index (κ2) is 10.5. The van der Waals surface area contributed by atoms with Crippen LogP contribution in [0.3, 0.4) is 0 Å². The van der Waals surface area contributed by atoms with Crippen molar-refractivity contribution < 1.29 is 18.0 Å². The Labute approximate surface area is 218 Å². The van der Waals surface area contributed by atoms with E-state index >= 15 is 0 Å². The Morgan fingerprint density at radius 3 is 2.68 bits per heavy atom. The van der Waals surface area contributed by atoms with Crippen LogP contribution in [-0.4, -0.2) is 52.2 Å². The van der Waals surface area contributed by atoms with Gasteiger partial charge in [0.2, 0.25) is 5.91 Å². The topological polar surface area (TPSA) is 65.2 Å². The number of aromatic nitrogens is 2. The maximum atomic E-state index is 13.9. The number of carbonyl (C=O) groups excluding carboxylic acids is 1. The molecule has 194 valence electrons. The monoisotopic (exact) mass is 527 g/mol. The minimum Gasteiger partial charge on any atom is -0.333 e. The molecule has 0 radical (unpaired) electrons. The average molecular weight is 528 g/mol. The summed E-state index contributed by atoms with van der Waals surface area (Å²) in [5, 5.41) is 13.3. The first-order valence-electron chi connectivity index (χ1n) is 11.9. The number of nitriles is 1. The molecule has 1 amide bonds. The van der Waals surface area contributed by atoms with Gasteiger partial charge in [-0.1, -0.05) is 30.3 Å². The Hall–Kier alpha value is -3.42. The summed E-state index contributed by atoms with van der Waals surface area (Å²) in [6, 6.07) is 11.0. The van der Waals surface area contributed by atoms with Crippen LogP contribution in [0.5, 0.6) is 0 Å². The van der Waals surface area contributed by atoms with Crippen molar-refractivity contribution in [1.29, 1.82) is 5.26 Å². The van der Waals surface area contributed by atoms with Crippen molar-refractivity contribution in [2.75, 3.05) is 20.6 Å². The van der Waals surface area contributed by atoms with E-state index in [9.17, 15) is 23.2 Å². The van der Waals surface area contributed by atoms with E-state index < -0.39 is 17.8 Å². The zero-order valence-electron chi connectivity index (χ0n) is 21.1. The van der Waals surface area contributed by atoms with Crippen molar-refractivity contribution in [3.8, 4) is 17.2 Å². The van der Waals surface area contributed by atoms with Gasteiger partial charge in [-0.15, -0.1) is 11.3 Å². The molecule has 0 spiro atoms. The quantitative estimate of drug-likeness (QED) is 0.397. The second-order valence-electron chi connectivity index (χ2n) is 9.27. The summed E-state index contributed by atoms with van der Waals surface area (Å²) < 4.78 is 43.1. The Bertz CT molecular complexity index is 1370. The summed E-state index contributed by atoms with van der Waals surface area (Å²) >= 11 is 1.32. The molecule has 0 saturated carbocycles. The third-order valence-electron chi connectivity index (χ3n) is 6.69. The number of alkyl halides is 3. The smallest absolute Gasteiger partial charge is 0.333 e. The molecule has 2 atom stereocenters. The lowest BCUT2D eigenvalue weighted by atomic mass is 9.83. The van der Waals surface area contributed by atoms with Gasteiger partial charge in [0.15, 0.2) is 5.69 Å². The predicted molar refractivity (Wildman–Crippen MR) is 137 cm³/mol. The summed E-state index contributed by atoms with van der Waals surface area (Å²) in [7, 11) is 3.84. The van der Waals surface area contributed by atoms with Crippen LogP contribution in [0.1, 0.15) is 46.3 Å². The molecule has 0 fully saturated rings. The number of amides is 1. The van der Waals surface area contributed by atoms with Crippen molar-refractivity contribution in [2.45, 2.75) is 45.1 Å². The number of halogens is 3. The van der Waals surface area contributed by atoms with Gasteiger partial charge in [0.1, 0.15) is 10.9 Å². The Kier molecular flexibility index (Phi) is 7.57. The molecule has 1 aliphatic rings. The third kappa shape index (κ3) is 5.48. The summed E-state index contributed by atoms with van der Waals surface area (Å²) in [6.45, 7) is 4.65. The van der Waals surface area contributed by atoms with E-state index in [4.69, 9.17) is 0 Å². The molecule has 0 bridgehead atoms. The van der Waals surface area contributed by atoms with Gasteiger partial charge < -0.3 is 9.80 Å². The van der Waals surface area contributed by atoms with E-state index in [0.717, 1.165) is 10.4 Å². The van der Waals surface area contributed by atoms with Crippen LogP contribution in [0.25, 0.3) is 11.1 Å². The van der Waals surface area contributed by atoms with E-state index in [1.165, 1.54) is 22.2 Å². The highest BCUT2D eigenvalue weighted by Gasteiger charge is 2.39. The molecular weight excluding hydrogens is 499 g/mol. The number of carbonyl (C=O) groups is 1. The molecule has 3 heterocycles. The number of aryl methyl sites for hydroxylation is 1. The lowest BCUT2D eigenvalue weighted by Crippen LogP contribution is -2.37. The highest BCUT2D eigenvalue weighted by atomic mass is 32.1. The molecule has 3 aromatic rings. The lowest BCUT2D eigenvalue weighted by Gasteiger charge is -2.33. The Balaban J connectivity index is 1.81. The van der Waals surface area contributed by atoms with Crippen molar-refractivity contribution >= 4 is 17.2 Å². The first kappa shape index (κ1) is 26.6. The van der Waals surface area contributed by atoms with E-state index in [1.807, 2.05) is 32.0 Å². The van der Waals surface area contributed by atoms with Crippen LogP contribution >= 0.6 is 11.3 Å². The molecular formula is C27H28F3N5OS. The van der Waals surface area contributed by atoms with Gasteiger partial charge in [-0.05, 0) is 50.7 Å². The van der Waals surface area contributed by atoms with E-state index in [1.54, 1.807) is 48.2 Å². The number of nitrogens with zero attached hydrogens (tertiary/aromatic N) is 5. The molecule has 0 aliphatic carbocycles. The van der Waals surface area contributed by atoms with Crippen LogP contribution < -0.4 is 0 Å².